The van der Waals surface area contributed by atoms with Gasteiger partial charge in [0.15, 0.2) is 0 Å². The number of nitrogens with two attached hydrogens (primary N) is 1. The lowest BCUT2D eigenvalue weighted by Gasteiger charge is -2.20. The van der Waals surface area contributed by atoms with E-state index in [0.29, 0.717) is 18.8 Å². The van der Waals surface area contributed by atoms with E-state index >= 15 is 0 Å². The Morgan fingerprint density at radius 2 is 2.24 bits per heavy atom. The topological polar surface area (TPSA) is 80.5 Å². The first kappa shape index (κ1) is 15.1. The molecule has 0 fully saturated rings. The van der Waals surface area contributed by atoms with Gasteiger partial charge < -0.3 is 20.7 Å². The molecule has 1 aromatic heterocycles. The van der Waals surface area contributed by atoms with E-state index in [0.717, 1.165) is 16.6 Å². The first-order valence-corrected chi connectivity index (χ1v) is 6.73. The molecule has 0 radical (unpaired) electrons. The second kappa shape index (κ2) is 6.90. The Morgan fingerprint density at radius 3 is 3.00 bits per heavy atom. The number of amides is 1. The summed E-state index contributed by atoms with van der Waals surface area (Å²) in [7, 11) is 3.48. The molecule has 2 rings (SSSR count). The minimum atomic E-state index is -0.0463. The number of methoxy groups -OCH3 is 1. The number of anilines is 2. The summed E-state index contributed by atoms with van der Waals surface area (Å²) in [6.07, 6.45) is 1.72. The maximum absolute atomic E-state index is 11.8. The highest BCUT2D eigenvalue weighted by molar-refractivity contribution is 5.94. The molecule has 0 saturated carbocycles. The maximum Gasteiger partial charge on any atom is 0.239 e. The molecule has 0 unspecified atom stereocenters. The molecule has 1 amide bonds. The molecule has 1 heterocycles. The van der Waals surface area contributed by atoms with Crippen LogP contribution in [-0.2, 0) is 9.53 Å². The number of nitrogen functional groups attached to an aromatic ring is 1. The second-order valence-electron chi connectivity index (χ2n) is 4.81. The summed E-state index contributed by atoms with van der Waals surface area (Å²) >= 11 is 0. The normalized spacial score (nSPS) is 10.6. The number of hydrogen-bond donors (Lipinski definition) is 2. The highest BCUT2D eigenvalue weighted by Gasteiger charge is 2.10. The van der Waals surface area contributed by atoms with Gasteiger partial charge in [0.25, 0.3) is 0 Å². The molecule has 0 aliphatic heterocycles. The monoisotopic (exact) mass is 288 g/mol. The summed E-state index contributed by atoms with van der Waals surface area (Å²) in [6, 6.07) is 7.47. The maximum atomic E-state index is 11.8. The number of nitrogens with zero attached hydrogens (tertiary/aromatic N) is 2. The summed E-state index contributed by atoms with van der Waals surface area (Å²) < 4.78 is 4.90. The SMILES string of the molecule is COCCNC(=O)CN(C)c1ccnc2cc(N)ccc12. The van der Waals surface area contributed by atoms with Crippen molar-refractivity contribution in [3.63, 3.8) is 0 Å². The second-order valence-corrected chi connectivity index (χ2v) is 4.81. The van der Waals surface area contributed by atoms with Crippen LogP contribution in [0.1, 0.15) is 0 Å². The van der Waals surface area contributed by atoms with Gasteiger partial charge in [-0.3, -0.25) is 9.78 Å². The molecular formula is C15H20N4O2. The van der Waals surface area contributed by atoms with Crippen LogP contribution >= 0.6 is 0 Å². The highest BCUT2D eigenvalue weighted by Crippen LogP contribution is 2.25. The molecule has 0 saturated heterocycles. The molecule has 0 bridgehead atoms. The van der Waals surface area contributed by atoms with Gasteiger partial charge in [0, 0.05) is 43.7 Å². The number of benzene rings is 1. The lowest BCUT2D eigenvalue weighted by molar-refractivity contribution is -0.119. The fraction of sp³-hybridized carbons (Fsp3) is 0.333. The minimum absolute atomic E-state index is 0.0463. The van der Waals surface area contributed by atoms with Gasteiger partial charge in [-0.05, 0) is 24.3 Å². The molecule has 6 heteroatoms. The van der Waals surface area contributed by atoms with E-state index in [1.54, 1.807) is 13.3 Å². The van der Waals surface area contributed by atoms with Gasteiger partial charge in [-0.2, -0.15) is 0 Å². The number of rotatable bonds is 6. The third-order valence-corrected chi connectivity index (χ3v) is 3.16. The first-order chi connectivity index (χ1) is 10.1. The van der Waals surface area contributed by atoms with Crippen molar-refractivity contribution in [3.05, 3.63) is 30.5 Å². The molecule has 6 nitrogen and oxygen atoms in total. The van der Waals surface area contributed by atoms with Crippen molar-refractivity contribution in [2.24, 2.45) is 0 Å². The fourth-order valence-corrected chi connectivity index (χ4v) is 2.13. The summed E-state index contributed by atoms with van der Waals surface area (Å²) in [5.41, 5.74) is 8.21. The van der Waals surface area contributed by atoms with Crippen molar-refractivity contribution in [1.82, 2.24) is 10.3 Å². The predicted octanol–water partition coefficient (Wildman–Crippen LogP) is 1.02. The van der Waals surface area contributed by atoms with Gasteiger partial charge in [0.2, 0.25) is 5.91 Å². The number of aromatic nitrogens is 1. The molecular weight excluding hydrogens is 268 g/mol. The van der Waals surface area contributed by atoms with Gasteiger partial charge >= 0.3 is 0 Å². The zero-order chi connectivity index (χ0) is 15.2. The number of likely N-dealkylation sites (N-methyl/N-ethyl adjacent to an activating group) is 1. The zero-order valence-electron chi connectivity index (χ0n) is 12.3. The largest absolute Gasteiger partial charge is 0.399 e. The van der Waals surface area contributed by atoms with E-state index in [1.807, 2.05) is 36.2 Å². The summed E-state index contributed by atoms with van der Waals surface area (Å²) in [5.74, 6) is -0.0463. The Labute approximate surface area is 123 Å². The summed E-state index contributed by atoms with van der Waals surface area (Å²) in [4.78, 5) is 18.0. The lowest BCUT2D eigenvalue weighted by Crippen LogP contribution is -2.36. The van der Waals surface area contributed by atoms with Crippen molar-refractivity contribution in [2.45, 2.75) is 0 Å². The Bertz CT molecular complexity index is 630. The smallest absolute Gasteiger partial charge is 0.239 e. The van der Waals surface area contributed by atoms with E-state index in [4.69, 9.17) is 10.5 Å². The van der Waals surface area contributed by atoms with Crippen LogP contribution in [-0.4, -0.2) is 44.7 Å². The number of ether oxygens (including phenoxy) is 1. The average molecular weight is 288 g/mol. The third kappa shape index (κ3) is 3.82. The Kier molecular flexibility index (Phi) is 4.94. The molecule has 3 N–H and O–H groups in total. The Hall–Kier alpha value is -2.34. The molecule has 1 aromatic carbocycles. The van der Waals surface area contributed by atoms with E-state index in [9.17, 15) is 4.79 Å². The van der Waals surface area contributed by atoms with Gasteiger partial charge in [0.05, 0.1) is 18.7 Å². The molecule has 0 aliphatic rings. The Balaban J connectivity index is 2.12. The number of pyridine rings is 1. The van der Waals surface area contributed by atoms with Crippen molar-refractivity contribution in [3.8, 4) is 0 Å². The number of hydrogen-bond acceptors (Lipinski definition) is 5. The predicted molar refractivity (Wildman–Crippen MR) is 84.3 cm³/mol. The third-order valence-electron chi connectivity index (χ3n) is 3.16. The zero-order valence-corrected chi connectivity index (χ0v) is 12.3. The van der Waals surface area contributed by atoms with Crippen LogP contribution in [0.25, 0.3) is 10.9 Å². The van der Waals surface area contributed by atoms with Crippen molar-refractivity contribution < 1.29 is 9.53 Å². The molecule has 112 valence electrons. The van der Waals surface area contributed by atoms with Crippen LogP contribution in [0.15, 0.2) is 30.5 Å². The molecule has 0 spiro atoms. The van der Waals surface area contributed by atoms with Gasteiger partial charge in [-0.25, -0.2) is 0 Å². The van der Waals surface area contributed by atoms with Crippen LogP contribution in [0.4, 0.5) is 11.4 Å². The fourth-order valence-electron chi connectivity index (χ4n) is 2.13. The highest BCUT2D eigenvalue weighted by atomic mass is 16.5. The van der Waals surface area contributed by atoms with Crippen LogP contribution in [0.5, 0.6) is 0 Å². The van der Waals surface area contributed by atoms with Crippen molar-refractivity contribution >= 4 is 28.2 Å². The standard InChI is InChI=1S/C15H20N4O2/c1-19(10-15(20)18-7-8-21-2)14-5-6-17-13-9-11(16)3-4-12(13)14/h3-6,9H,7-8,10,16H2,1-2H3,(H,18,20). The first-order valence-electron chi connectivity index (χ1n) is 6.73. The number of fused-ring (bicyclic) bond motifs is 1. The van der Waals surface area contributed by atoms with Crippen LogP contribution < -0.4 is 16.0 Å². The van der Waals surface area contributed by atoms with Gasteiger partial charge in [-0.15, -0.1) is 0 Å². The van der Waals surface area contributed by atoms with E-state index in [2.05, 4.69) is 10.3 Å². The number of carbonyl (C=O) groups is 1. The number of nitrogens with one attached hydrogen (secondary N) is 1. The Morgan fingerprint density at radius 1 is 1.43 bits per heavy atom. The van der Waals surface area contributed by atoms with E-state index < -0.39 is 0 Å². The average Bonchev–Trinajstić information content (AvgIpc) is 2.46. The summed E-state index contributed by atoms with van der Waals surface area (Å²) in [6.45, 7) is 1.29. The number of carbonyl (C=O) groups excluding carboxylic acids is 1. The quantitative estimate of drug-likeness (QED) is 0.612. The molecule has 2 aromatic rings. The van der Waals surface area contributed by atoms with Crippen LogP contribution in [0, 0.1) is 0 Å². The van der Waals surface area contributed by atoms with Gasteiger partial charge in [0.1, 0.15) is 0 Å². The van der Waals surface area contributed by atoms with Crippen molar-refractivity contribution in [2.75, 3.05) is 44.5 Å². The molecule has 0 aliphatic carbocycles. The van der Waals surface area contributed by atoms with Crippen LogP contribution in [0.3, 0.4) is 0 Å². The summed E-state index contributed by atoms with van der Waals surface area (Å²) in [5, 5.41) is 3.77. The molecule has 21 heavy (non-hydrogen) atoms. The van der Waals surface area contributed by atoms with E-state index in [-0.39, 0.29) is 12.5 Å². The lowest BCUT2D eigenvalue weighted by atomic mass is 10.1. The van der Waals surface area contributed by atoms with Gasteiger partial charge in [-0.1, -0.05) is 0 Å². The molecule has 0 atom stereocenters. The van der Waals surface area contributed by atoms with E-state index in [1.165, 1.54) is 0 Å². The minimum Gasteiger partial charge on any atom is -0.399 e. The van der Waals surface area contributed by atoms with Crippen molar-refractivity contribution in [1.29, 1.82) is 0 Å². The van der Waals surface area contributed by atoms with Crippen LogP contribution in [0.2, 0.25) is 0 Å².